The number of phenols is 1. The van der Waals surface area contributed by atoms with Gasteiger partial charge < -0.3 is 14.3 Å². The van der Waals surface area contributed by atoms with Crippen molar-refractivity contribution in [3.05, 3.63) is 87.3 Å². The number of carbonyl (C=O) groups is 1. The monoisotopic (exact) mass is 430 g/mol. The van der Waals surface area contributed by atoms with Gasteiger partial charge in [-0.15, -0.1) is 0 Å². The molecule has 0 unspecified atom stereocenters. The number of benzene rings is 3. The summed E-state index contributed by atoms with van der Waals surface area (Å²) in [5, 5.41) is 13.4. The lowest BCUT2D eigenvalue weighted by molar-refractivity contribution is 0.0470. The van der Waals surface area contributed by atoms with Gasteiger partial charge in [0.1, 0.15) is 23.5 Å². The molecule has 0 aliphatic rings. The fourth-order valence-electron chi connectivity index (χ4n) is 3.96. The van der Waals surface area contributed by atoms with Crippen LogP contribution in [0.25, 0.3) is 21.7 Å². The highest BCUT2D eigenvalue weighted by Gasteiger charge is 2.21. The zero-order valence-corrected chi connectivity index (χ0v) is 18.6. The van der Waals surface area contributed by atoms with E-state index in [4.69, 9.17) is 9.15 Å². The second kappa shape index (κ2) is 8.50. The van der Waals surface area contributed by atoms with Crippen molar-refractivity contribution in [3.63, 3.8) is 0 Å². The van der Waals surface area contributed by atoms with Crippen LogP contribution in [0.15, 0.2) is 63.8 Å². The lowest BCUT2D eigenvalue weighted by atomic mass is 9.92. The van der Waals surface area contributed by atoms with Crippen molar-refractivity contribution >= 4 is 27.7 Å². The summed E-state index contributed by atoms with van der Waals surface area (Å²) < 4.78 is 11.0. The van der Waals surface area contributed by atoms with Crippen LogP contribution >= 0.6 is 0 Å². The first kappa shape index (κ1) is 21.6. The summed E-state index contributed by atoms with van der Waals surface area (Å²) in [5.74, 6) is -0.450. The van der Waals surface area contributed by atoms with Crippen molar-refractivity contribution in [3.8, 4) is 5.75 Å². The Morgan fingerprint density at radius 1 is 1.00 bits per heavy atom. The molecule has 164 valence electrons. The Balaban J connectivity index is 1.74. The molecule has 1 heterocycles. The van der Waals surface area contributed by atoms with Gasteiger partial charge in [0.15, 0.2) is 0 Å². The summed E-state index contributed by atoms with van der Waals surface area (Å²) in [6.45, 7) is 7.89. The van der Waals surface area contributed by atoms with Gasteiger partial charge in [-0.2, -0.15) is 0 Å². The van der Waals surface area contributed by atoms with Gasteiger partial charge in [-0.3, -0.25) is 0 Å². The molecule has 5 nitrogen and oxygen atoms in total. The van der Waals surface area contributed by atoms with Gasteiger partial charge in [-0.1, -0.05) is 64.1 Å². The van der Waals surface area contributed by atoms with E-state index in [0.717, 1.165) is 21.7 Å². The Bertz CT molecular complexity index is 1380. The Morgan fingerprint density at radius 2 is 1.75 bits per heavy atom. The topological polar surface area (TPSA) is 76.7 Å². The fraction of sp³-hybridized carbons (Fsp3) is 0.259. The van der Waals surface area contributed by atoms with Crippen LogP contribution in [0.5, 0.6) is 5.75 Å². The highest BCUT2D eigenvalue weighted by Crippen LogP contribution is 2.34. The zero-order valence-electron chi connectivity index (χ0n) is 18.6. The summed E-state index contributed by atoms with van der Waals surface area (Å²) >= 11 is 0. The fourth-order valence-corrected chi connectivity index (χ4v) is 3.96. The Labute approximate surface area is 186 Å². The number of carbonyl (C=O) groups excluding carboxylic acids is 1. The van der Waals surface area contributed by atoms with Crippen molar-refractivity contribution in [1.29, 1.82) is 0 Å². The SMILES string of the molecule is CC(C)c1cc(C(=O)OCc2cc(=O)oc3ccc4ccccc4c23)c(O)c(C(C)C)c1. The maximum atomic E-state index is 13.0. The van der Waals surface area contributed by atoms with Gasteiger partial charge >= 0.3 is 11.6 Å². The number of hydrogen-bond donors (Lipinski definition) is 1. The smallest absolute Gasteiger partial charge is 0.342 e. The molecule has 0 atom stereocenters. The van der Waals surface area contributed by atoms with Gasteiger partial charge in [0.25, 0.3) is 0 Å². The van der Waals surface area contributed by atoms with Gasteiger partial charge in [0, 0.05) is 17.0 Å². The number of rotatable bonds is 5. The minimum atomic E-state index is -0.631. The largest absolute Gasteiger partial charge is 0.507 e. The summed E-state index contributed by atoms with van der Waals surface area (Å²) in [5.41, 5.74) is 2.29. The molecular weight excluding hydrogens is 404 g/mol. The van der Waals surface area contributed by atoms with Crippen LogP contribution in [0.3, 0.4) is 0 Å². The standard InChI is InChI=1S/C27H26O5/c1-15(2)18-11-21(16(3)4)26(29)22(12-18)27(30)31-14-19-13-24(28)32-23-10-9-17-7-5-6-8-20(17)25(19)23/h5-13,15-16,29H,14H2,1-4H3. The van der Waals surface area contributed by atoms with E-state index in [2.05, 4.69) is 0 Å². The molecule has 0 spiro atoms. The van der Waals surface area contributed by atoms with E-state index in [9.17, 15) is 14.7 Å². The highest BCUT2D eigenvalue weighted by molar-refractivity contribution is 6.07. The van der Waals surface area contributed by atoms with Crippen LogP contribution in [0.2, 0.25) is 0 Å². The summed E-state index contributed by atoms with van der Waals surface area (Å²) in [6.07, 6.45) is 0. The van der Waals surface area contributed by atoms with Crippen LogP contribution in [0.1, 0.15) is 66.6 Å². The molecule has 0 amide bonds. The van der Waals surface area contributed by atoms with Crippen molar-refractivity contribution in [1.82, 2.24) is 0 Å². The molecule has 0 aliphatic carbocycles. The predicted octanol–water partition coefficient (Wildman–Crippen LogP) is 6.26. The van der Waals surface area contributed by atoms with E-state index in [1.54, 1.807) is 12.1 Å². The summed E-state index contributed by atoms with van der Waals surface area (Å²) in [4.78, 5) is 25.1. The molecule has 3 aromatic carbocycles. The molecule has 0 saturated heterocycles. The van der Waals surface area contributed by atoms with E-state index in [1.165, 1.54) is 6.07 Å². The number of aromatic hydroxyl groups is 1. The highest BCUT2D eigenvalue weighted by atomic mass is 16.5. The van der Waals surface area contributed by atoms with E-state index in [-0.39, 0.29) is 29.8 Å². The molecule has 0 bridgehead atoms. The van der Waals surface area contributed by atoms with E-state index in [0.29, 0.717) is 16.7 Å². The molecule has 5 heteroatoms. The van der Waals surface area contributed by atoms with E-state index >= 15 is 0 Å². The Morgan fingerprint density at radius 3 is 2.47 bits per heavy atom. The molecule has 4 aromatic rings. The van der Waals surface area contributed by atoms with Gasteiger partial charge in [-0.25, -0.2) is 9.59 Å². The third-order valence-corrected chi connectivity index (χ3v) is 5.74. The zero-order chi connectivity index (χ0) is 23.0. The van der Waals surface area contributed by atoms with Crippen LogP contribution in [-0.2, 0) is 11.3 Å². The van der Waals surface area contributed by atoms with Crippen LogP contribution in [-0.4, -0.2) is 11.1 Å². The summed E-state index contributed by atoms with van der Waals surface area (Å²) in [6, 6.07) is 16.4. The minimum absolute atomic E-state index is 0.0503. The minimum Gasteiger partial charge on any atom is -0.507 e. The van der Waals surface area contributed by atoms with Crippen molar-refractivity contribution in [2.24, 2.45) is 0 Å². The van der Waals surface area contributed by atoms with Crippen molar-refractivity contribution in [2.45, 2.75) is 46.1 Å². The third kappa shape index (κ3) is 3.98. The number of ether oxygens (including phenoxy) is 1. The first-order valence-electron chi connectivity index (χ1n) is 10.7. The number of phenolic OH excluding ortho intramolecular Hbond substituents is 1. The molecule has 0 radical (unpaired) electrons. The van der Waals surface area contributed by atoms with Gasteiger partial charge in [0.05, 0.1) is 0 Å². The van der Waals surface area contributed by atoms with E-state index < -0.39 is 11.6 Å². The quantitative estimate of drug-likeness (QED) is 0.230. The van der Waals surface area contributed by atoms with Gasteiger partial charge in [0.2, 0.25) is 0 Å². The third-order valence-electron chi connectivity index (χ3n) is 5.74. The second-order valence-corrected chi connectivity index (χ2v) is 8.64. The van der Waals surface area contributed by atoms with Crippen LogP contribution < -0.4 is 5.63 Å². The molecular formula is C27H26O5. The molecule has 32 heavy (non-hydrogen) atoms. The van der Waals surface area contributed by atoms with E-state index in [1.807, 2.05) is 64.1 Å². The van der Waals surface area contributed by atoms with Crippen LogP contribution in [0, 0.1) is 0 Å². The maximum absolute atomic E-state index is 13.0. The molecule has 0 saturated carbocycles. The normalized spacial score (nSPS) is 11.6. The summed E-state index contributed by atoms with van der Waals surface area (Å²) in [7, 11) is 0. The number of hydrogen-bond acceptors (Lipinski definition) is 5. The molecule has 0 fully saturated rings. The average Bonchev–Trinajstić information content (AvgIpc) is 2.76. The molecule has 4 rings (SSSR count). The number of fused-ring (bicyclic) bond motifs is 3. The Kier molecular flexibility index (Phi) is 5.74. The number of esters is 1. The van der Waals surface area contributed by atoms with Gasteiger partial charge in [-0.05, 0) is 45.9 Å². The maximum Gasteiger partial charge on any atom is 0.342 e. The van der Waals surface area contributed by atoms with Crippen LogP contribution in [0.4, 0.5) is 0 Å². The first-order chi connectivity index (χ1) is 15.3. The first-order valence-corrected chi connectivity index (χ1v) is 10.7. The molecule has 0 aliphatic heterocycles. The average molecular weight is 431 g/mol. The second-order valence-electron chi connectivity index (χ2n) is 8.64. The molecule has 1 N–H and O–H groups in total. The van der Waals surface area contributed by atoms with Crippen molar-refractivity contribution in [2.75, 3.05) is 0 Å². The lowest BCUT2D eigenvalue weighted by Crippen LogP contribution is -2.10. The lowest BCUT2D eigenvalue weighted by Gasteiger charge is -2.17. The molecule has 1 aromatic heterocycles. The predicted molar refractivity (Wildman–Crippen MR) is 125 cm³/mol. The van der Waals surface area contributed by atoms with Crippen molar-refractivity contribution < 1.29 is 19.1 Å². The Hall–Kier alpha value is -3.60.